The topological polar surface area (TPSA) is 71.1 Å². The first-order valence-electron chi connectivity index (χ1n) is 11.0. The predicted molar refractivity (Wildman–Crippen MR) is 134 cm³/mol. The molecule has 1 aliphatic rings. The number of carbonyl (C=O) groups excluding carboxylic acids is 2. The molecule has 7 nitrogen and oxygen atoms in total. The number of hydrogen-bond acceptors (Lipinski definition) is 6. The minimum absolute atomic E-state index is 0.0469. The molecule has 2 heterocycles. The van der Waals surface area contributed by atoms with Crippen LogP contribution in [0.1, 0.15) is 32.4 Å². The number of rotatable bonds is 7. The maximum absolute atomic E-state index is 13.0. The molecule has 34 heavy (non-hydrogen) atoms. The van der Waals surface area contributed by atoms with Crippen LogP contribution in [-0.4, -0.2) is 63.0 Å². The van der Waals surface area contributed by atoms with Gasteiger partial charge in [0.15, 0.2) is 11.5 Å². The Hall–Kier alpha value is -3.36. The first-order chi connectivity index (χ1) is 16.4. The average molecular weight is 480 g/mol. The van der Waals surface area contributed by atoms with E-state index in [1.807, 2.05) is 18.2 Å². The van der Waals surface area contributed by atoms with Crippen molar-refractivity contribution >= 4 is 28.8 Å². The van der Waals surface area contributed by atoms with Gasteiger partial charge in [-0.2, -0.15) is 0 Å². The molecule has 178 valence electrons. The van der Waals surface area contributed by atoms with Crippen LogP contribution in [0.5, 0.6) is 11.5 Å². The maximum atomic E-state index is 13.0. The molecule has 2 amide bonds. The van der Waals surface area contributed by atoms with Crippen molar-refractivity contribution in [3.63, 3.8) is 0 Å². The lowest BCUT2D eigenvalue weighted by Gasteiger charge is -2.37. The van der Waals surface area contributed by atoms with Gasteiger partial charge in [-0.05, 0) is 65.4 Å². The Labute approximate surface area is 203 Å². The molecule has 0 radical (unpaired) electrons. The van der Waals surface area contributed by atoms with E-state index in [2.05, 4.69) is 21.7 Å². The largest absolute Gasteiger partial charge is 0.493 e. The molecule has 0 spiro atoms. The lowest BCUT2D eigenvalue weighted by molar-refractivity contribution is -0.117. The Morgan fingerprint density at radius 1 is 1.09 bits per heavy atom. The molecule has 1 aliphatic heterocycles. The molecule has 0 saturated heterocycles. The molecule has 2 aromatic carbocycles. The molecule has 3 aromatic rings. The number of carbonyl (C=O) groups is 2. The van der Waals surface area contributed by atoms with Crippen LogP contribution in [0.2, 0.25) is 0 Å². The molecule has 8 heteroatoms. The van der Waals surface area contributed by atoms with Crippen LogP contribution >= 0.6 is 11.3 Å². The second kappa shape index (κ2) is 10.3. The van der Waals surface area contributed by atoms with Crippen LogP contribution in [0, 0.1) is 0 Å². The normalized spacial score (nSPS) is 15.4. The Bertz CT molecular complexity index is 1160. The molecule has 0 bridgehead atoms. The van der Waals surface area contributed by atoms with Gasteiger partial charge in [-0.3, -0.25) is 14.5 Å². The van der Waals surface area contributed by atoms with Gasteiger partial charge in [0.2, 0.25) is 5.91 Å². The number of nitrogens with one attached hydrogen (secondary N) is 1. The van der Waals surface area contributed by atoms with Gasteiger partial charge in [-0.25, -0.2) is 0 Å². The van der Waals surface area contributed by atoms with Crippen LogP contribution in [0.15, 0.2) is 53.9 Å². The van der Waals surface area contributed by atoms with Gasteiger partial charge < -0.3 is 19.7 Å². The standard InChI is InChI=1S/C26H29N3O4S/c1-28(2)26(31)17-7-9-19(10-8-17)27-24(30)16-29-12-11-18-14-21(32-3)22(33-4)15-20(18)25(29)23-6-5-13-34-23/h5-10,13-15,25H,11-12,16H2,1-4H3,(H,27,30)/t25-/m1/s1. The summed E-state index contributed by atoms with van der Waals surface area (Å²) in [5.41, 5.74) is 3.58. The summed E-state index contributed by atoms with van der Waals surface area (Å²) in [7, 11) is 6.70. The zero-order valence-corrected chi connectivity index (χ0v) is 20.6. The van der Waals surface area contributed by atoms with E-state index in [-0.39, 0.29) is 24.4 Å². The van der Waals surface area contributed by atoms with Crippen molar-refractivity contribution in [3.05, 3.63) is 75.5 Å². The van der Waals surface area contributed by atoms with Gasteiger partial charge in [-0.1, -0.05) is 6.07 Å². The Kier molecular flexibility index (Phi) is 7.19. The minimum Gasteiger partial charge on any atom is -0.493 e. The third-order valence-corrected chi connectivity index (χ3v) is 6.88. The van der Waals surface area contributed by atoms with Crippen molar-refractivity contribution < 1.29 is 19.1 Å². The summed E-state index contributed by atoms with van der Waals surface area (Å²) in [5.74, 6) is 1.22. The van der Waals surface area contributed by atoms with Gasteiger partial charge in [0.05, 0.1) is 26.8 Å². The number of methoxy groups -OCH3 is 2. The van der Waals surface area contributed by atoms with E-state index in [0.717, 1.165) is 18.5 Å². The van der Waals surface area contributed by atoms with Crippen molar-refractivity contribution in [2.24, 2.45) is 0 Å². The molecule has 0 saturated carbocycles. The predicted octanol–water partition coefficient (Wildman–Crippen LogP) is 4.05. The summed E-state index contributed by atoms with van der Waals surface area (Å²) in [5, 5.41) is 5.02. The van der Waals surface area contributed by atoms with Crippen LogP contribution in [0.25, 0.3) is 0 Å². The fourth-order valence-corrected chi connectivity index (χ4v) is 5.16. The number of hydrogen-bond donors (Lipinski definition) is 1. The quantitative estimate of drug-likeness (QED) is 0.554. The van der Waals surface area contributed by atoms with Crippen molar-refractivity contribution in [1.29, 1.82) is 0 Å². The lowest BCUT2D eigenvalue weighted by atomic mass is 9.91. The first kappa shape index (κ1) is 23.8. The highest BCUT2D eigenvalue weighted by atomic mass is 32.1. The average Bonchev–Trinajstić information content (AvgIpc) is 3.37. The van der Waals surface area contributed by atoms with Crippen molar-refractivity contribution in [3.8, 4) is 11.5 Å². The number of thiophene rings is 1. The number of benzene rings is 2. The third kappa shape index (κ3) is 4.93. The zero-order chi connectivity index (χ0) is 24.2. The molecule has 1 atom stereocenters. The summed E-state index contributed by atoms with van der Waals surface area (Å²) in [6, 6.07) is 15.1. The number of nitrogens with zero attached hydrogens (tertiary/aromatic N) is 2. The summed E-state index contributed by atoms with van der Waals surface area (Å²) in [6.45, 7) is 0.990. The van der Waals surface area contributed by atoms with Crippen LogP contribution in [0.3, 0.4) is 0 Å². The number of ether oxygens (including phenoxy) is 2. The van der Waals surface area contributed by atoms with Gasteiger partial charge in [-0.15, -0.1) is 11.3 Å². The van der Waals surface area contributed by atoms with Gasteiger partial charge in [0.1, 0.15) is 0 Å². The third-order valence-electron chi connectivity index (χ3n) is 5.95. The zero-order valence-electron chi connectivity index (χ0n) is 19.8. The van der Waals surface area contributed by atoms with E-state index in [9.17, 15) is 9.59 Å². The fourth-order valence-electron chi connectivity index (χ4n) is 4.29. The van der Waals surface area contributed by atoms with E-state index < -0.39 is 0 Å². The fraction of sp³-hybridized carbons (Fsp3) is 0.308. The molecular weight excluding hydrogens is 450 g/mol. The molecular formula is C26H29N3O4S. The van der Waals surface area contributed by atoms with E-state index >= 15 is 0 Å². The highest BCUT2D eigenvalue weighted by molar-refractivity contribution is 7.10. The Balaban J connectivity index is 1.54. The summed E-state index contributed by atoms with van der Waals surface area (Å²) < 4.78 is 11.1. The highest BCUT2D eigenvalue weighted by Gasteiger charge is 2.32. The maximum Gasteiger partial charge on any atom is 0.253 e. The molecule has 0 fully saturated rings. The van der Waals surface area contributed by atoms with Crippen LogP contribution in [0.4, 0.5) is 5.69 Å². The molecule has 1 N–H and O–H groups in total. The van der Waals surface area contributed by atoms with Gasteiger partial charge in [0, 0.05) is 36.8 Å². The molecule has 0 unspecified atom stereocenters. The van der Waals surface area contributed by atoms with Gasteiger partial charge >= 0.3 is 0 Å². The molecule has 0 aliphatic carbocycles. The van der Waals surface area contributed by atoms with Crippen LogP contribution < -0.4 is 14.8 Å². The minimum atomic E-state index is -0.0998. The number of anilines is 1. The molecule has 4 rings (SSSR count). The van der Waals surface area contributed by atoms with E-state index in [4.69, 9.17) is 9.47 Å². The van der Waals surface area contributed by atoms with Crippen molar-refractivity contribution in [2.45, 2.75) is 12.5 Å². The Morgan fingerprint density at radius 2 is 1.79 bits per heavy atom. The van der Waals surface area contributed by atoms with Crippen LogP contribution in [-0.2, 0) is 11.2 Å². The first-order valence-corrected chi connectivity index (χ1v) is 11.9. The second-order valence-electron chi connectivity index (χ2n) is 8.37. The smallest absolute Gasteiger partial charge is 0.253 e. The number of amides is 2. The second-order valence-corrected chi connectivity index (χ2v) is 9.35. The Morgan fingerprint density at radius 3 is 2.41 bits per heavy atom. The SMILES string of the molecule is COc1cc2c(cc1OC)[C@H](c1cccs1)N(CC(=O)Nc1ccc(C(=O)N(C)C)cc1)CC2. The summed E-state index contributed by atoms with van der Waals surface area (Å²) in [6.07, 6.45) is 0.812. The van der Waals surface area contributed by atoms with E-state index in [1.165, 1.54) is 15.3 Å². The highest BCUT2D eigenvalue weighted by Crippen LogP contribution is 2.42. The van der Waals surface area contributed by atoms with E-state index in [0.29, 0.717) is 22.7 Å². The number of fused-ring (bicyclic) bond motifs is 1. The van der Waals surface area contributed by atoms with Crippen molar-refractivity contribution in [2.75, 3.05) is 46.7 Å². The van der Waals surface area contributed by atoms with Crippen molar-refractivity contribution in [1.82, 2.24) is 9.80 Å². The summed E-state index contributed by atoms with van der Waals surface area (Å²) >= 11 is 1.68. The summed E-state index contributed by atoms with van der Waals surface area (Å²) in [4.78, 5) is 30.0. The molecule has 1 aromatic heterocycles. The lowest BCUT2D eigenvalue weighted by Crippen LogP contribution is -2.40. The monoisotopic (exact) mass is 479 g/mol. The van der Waals surface area contributed by atoms with Gasteiger partial charge in [0.25, 0.3) is 5.91 Å². The van der Waals surface area contributed by atoms with E-state index in [1.54, 1.807) is 63.9 Å².